The van der Waals surface area contributed by atoms with E-state index < -0.39 is 0 Å². The molecule has 4 nitrogen and oxygen atoms in total. The lowest BCUT2D eigenvalue weighted by Crippen LogP contribution is -3.00. The molecule has 8 atom stereocenters. The zero-order valence-corrected chi connectivity index (χ0v) is 35.7. The Balaban J connectivity index is 0.000000176. The summed E-state index contributed by atoms with van der Waals surface area (Å²) >= 11 is 0. The average molecular weight is 861 g/mol. The van der Waals surface area contributed by atoms with Gasteiger partial charge in [0, 0.05) is 55.3 Å². The molecule has 6 aliphatic carbocycles. The van der Waals surface area contributed by atoms with Crippen LogP contribution in [0.5, 0.6) is 0 Å². The fraction of sp³-hybridized carbons (Fsp3) is 0.900. The number of halogens is 2. The Hall–Kier alpha value is 0.780. The minimum Gasteiger partial charge on any atom is -1.00 e. The summed E-state index contributed by atoms with van der Waals surface area (Å²) in [6.07, 6.45) is 5.48. The number of hydrogen-bond acceptors (Lipinski definition) is 2. The van der Waals surface area contributed by atoms with E-state index in [1.807, 2.05) is 0 Å². The molecule has 0 radical (unpaired) electrons. The predicted octanol–water partition coefficient (Wildman–Crippen LogP) is 0.514. The number of quaternary nitrogens is 2. The maximum Gasteiger partial charge on any atom is 0.0828 e. The molecular weight excluding hydrogens is 790 g/mol. The zero-order chi connectivity index (χ0) is 31.4. The summed E-state index contributed by atoms with van der Waals surface area (Å²) in [4.78, 5) is 5.43. The van der Waals surface area contributed by atoms with Gasteiger partial charge in [0.25, 0.3) is 0 Å². The van der Waals surface area contributed by atoms with Crippen LogP contribution in [-0.2, 0) is 0 Å². The van der Waals surface area contributed by atoms with Crippen LogP contribution >= 0.6 is 0 Å². The molecule has 10 rings (SSSR count). The van der Waals surface area contributed by atoms with Gasteiger partial charge >= 0.3 is 0 Å². The summed E-state index contributed by atoms with van der Waals surface area (Å²) in [5.74, 6) is 9.36. The van der Waals surface area contributed by atoms with Crippen molar-refractivity contribution >= 4 is 0 Å². The quantitative estimate of drug-likeness (QED) is 0.219. The van der Waals surface area contributed by atoms with Crippen molar-refractivity contribution in [3.05, 3.63) is 23.3 Å². The van der Waals surface area contributed by atoms with Gasteiger partial charge in [-0.15, -0.1) is 0 Å². The first-order chi connectivity index (χ1) is 21.0. The highest BCUT2D eigenvalue weighted by atomic mass is 127. The normalized spacial score (nSPS) is 47.0. The SMILES string of the molecule is CCN1CC2C3C(C)=CC(C)(C2C1)C1CN(CC)CC31.CC[N+]1(CC)CC2C3C(C)=CC(C)(C2C1)C1C[N+](CC)(CC)CC31.[I-].[I-]. The second-order valence-corrected chi connectivity index (χ2v) is 18.0. The number of nitrogens with zero attached hydrogens (tertiary/aromatic N) is 4. The number of allylic oxidation sites excluding steroid dienone is 4. The van der Waals surface area contributed by atoms with Crippen LogP contribution in [0.3, 0.4) is 0 Å². The van der Waals surface area contributed by atoms with Crippen LogP contribution in [-0.4, -0.2) is 110 Å². The summed E-state index contributed by atoms with van der Waals surface area (Å²) in [5.41, 5.74) is 4.44. The highest BCUT2D eigenvalue weighted by Crippen LogP contribution is 2.66. The number of rotatable bonds is 6. The zero-order valence-electron chi connectivity index (χ0n) is 31.4. The van der Waals surface area contributed by atoms with Crippen molar-refractivity contribution in [2.75, 3.05) is 91.6 Å². The first-order valence-corrected chi connectivity index (χ1v) is 19.5. The number of hydrogen-bond donors (Lipinski definition) is 0. The van der Waals surface area contributed by atoms with Gasteiger partial charge < -0.3 is 66.7 Å². The van der Waals surface area contributed by atoms with E-state index in [0.29, 0.717) is 10.8 Å². The molecule has 4 aliphatic heterocycles. The fourth-order valence-electron chi connectivity index (χ4n) is 14.5. The Kier molecular flexibility index (Phi) is 11.1. The van der Waals surface area contributed by atoms with Crippen molar-refractivity contribution in [1.82, 2.24) is 9.80 Å². The summed E-state index contributed by atoms with van der Waals surface area (Å²) in [7, 11) is 0. The smallest absolute Gasteiger partial charge is 0.0828 e. The lowest BCUT2D eigenvalue weighted by Gasteiger charge is -2.57. The summed E-state index contributed by atoms with van der Waals surface area (Å²) in [5, 5.41) is 0. The van der Waals surface area contributed by atoms with Gasteiger partial charge in [-0.2, -0.15) is 0 Å². The molecule has 4 saturated heterocycles. The molecule has 6 fully saturated rings. The molecule has 10 aliphatic rings. The van der Waals surface area contributed by atoms with E-state index >= 15 is 0 Å². The van der Waals surface area contributed by atoms with Gasteiger partial charge in [-0.05, 0) is 95.6 Å². The van der Waals surface area contributed by atoms with Gasteiger partial charge in [0.15, 0.2) is 0 Å². The van der Waals surface area contributed by atoms with Crippen LogP contribution in [0.1, 0.15) is 69.2 Å². The summed E-state index contributed by atoms with van der Waals surface area (Å²) in [6, 6.07) is 0. The molecular formula is C40H70I2N4. The second-order valence-electron chi connectivity index (χ2n) is 18.0. The molecule has 0 N–H and O–H groups in total. The van der Waals surface area contributed by atoms with Crippen molar-refractivity contribution in [3.8, 4) is 0 Å². The van der Waals surface area contributed by atoms with E-state index in [1.165, 1.54) is 101 Å². The molecule has 0 aromatic heterocycles. The number of likely N-dealkylation sites (tertiary alicyclic amines) is 4. The van der Waals surface area contributed by atoms with E-state index in [9.17, 15) is 0 Å². The van der Waals surface area contributed by atoms with Gasteiger partial charge in [0.05, 0.1) is 52.4 Å². The Bertz CT molecular complexity index is 1110. The van der Waals surface area contributed by atoms with Crippen molar-refractivity contribution in [2.45, 2.75) is 69.2 Å². The van der Waals surface area contributed by atoms with Crippen molar-refractivity contribution in [3.63, 3.8) is 0 Å². The Morgan fingerprint density at radius 1 is 0.543 bits per heavy atom. The van der Waals surface area contributed by atoms with E-state index in [2.05, 4.69) is 91.2 Å². The van der Waals surface area contributed by atoms with Crippen molar-refractivity contribution in [1.29, 1.82) is 0 Å². The first kappa shape index (κ1) is 38.0. The molecule has 0 amide bonds. The second kappa shape index (κ2) is 13.4. The molecule has 0 spiro atoms. The third-order valence-corrected chi connectivity index (χ3v) is 17.0. The lowest BCUT2D eigenvalue weighted by atomic mass is 9.46. The largest absolute Gasteiger partial charge is 1.00 e. The van der Waals surface area contributed by atoms with Crippen molar-refractivity contribution in [2.24, 2.45) is 70.0 Å². The van der Waals surface area contributed by atoms with E-state index in [4.69, 9.17) is 0 Å². The van der Waals surface area contributed by atoms with E-state index in [-0.39, 0.29) is 48.0 Å². The summed E-state index contributed by atoms with van der Waals surface area (Å²) in [6.45, 7) is 43.7. The van der Waals surface area contributed by atoms with Crippen LogP contribution < -0.4 is 48.0 Å². The van der Waals surface area contributed by atoms with E-state index in [0.717, 1.165) is 59.2 Å². The molecule has 0 aromatic rings. The van der Waals surface area contributed by atoms with Crippen LogP contribution in [0.4, 0.5) is 0 Å². The topological polar surface area (TPSA) is 6.48 Å². The van der Waals surface area contributed by atoms with Crippen LogP contribution in [0, 0.1) is 70.0 Å². The lowest BCUT2D eigenvalue weighted by molar-refractivity contribution is -0.918. The standard InChI is InChI=1S/C22H40N2.C18H30N2.2HI/c1-7-23(8-2)12-17-19(14-23)22(6)11-16(5)21(17)18-13-24(9-3,10-4)15-20(18)22;1-5-19-8-13-15(10-19)18(4)7-12(3)17(13)14-9-20(6-2)11-16(14)18;;/h11,17-21H,7-10,12-15H2,1-6H3;7,13-17H,5-6,8-11H2,1-4H3;2*1H/q+2;;;/p-2. The predicted molar refractivity (Wildman–Crippen MR) is 185 cm³/mol. The maximum absolute atomic E-state index is 2.77. The third-order valence-electron chi connectivity index (χ3n) is 17.0. The molecule has 8 unspecified atom stereocenters. The van der Waals surface area contributed by atoms with Gasteiger partial charge in [-0.1, -0.05) is 51.0 Å². The first-order valence-electron chi connectivity index (χ1n) is 19.5. The van der Waals surface area contributed by atoms with Crippen LogP contribution in [0.15, 0.2) is 23.3 Å². The molecule has 46 heavy (non-hydrogen) atoms. The Morgan fingerprint density at radius 3 is 1.24 bits per heavy atom. The summed E-state index contributed by atoms with van der Waals surface area (Å²) < 4.78 is 2.78. The minimum atomic E-state index is 0. The monoisotopic (exact) mass is 860 g/mol. The minimum absolute atomic E-state index is 0. The highest BCUT2D eigenvalue weighted by Gasteiger charge is 2.69. The van der Waals surface area contributed by atoms with Gasteiger partial charge in [0.2, 0.25) is 0 Å². The van der Waals surface area contributed by atoms with Gasteiger partial charge in [-0.3, -0.25) is 0 Å². The highest BCUT2D eigenvalue weighted by molar-refractivity contribution is 5.30. The molecule has 2 saturated carbocycles. The van der Waals surface area contributed by atoms with E-state index in [1.54, 1.807) is 11.1 Å². The molecule has 4 bridgehead atoms. The van der Waals surface area contributed by atoms with Crippen LogP contribution in [0.25, 0.3) is 0 Å². The molecule has 264 valence electrons. The Labute approximate surface area is 318 Å². The maximum atomic E-state index is 2.77. The van der Waals surface area contributed by atoms with Gasteiger partial charge in [0.1, 0.15) is 0 Å². The Morgan fingerprint density at radius 2 is 0.891 bits per heavy atom. The average Bonchev–Trinajstić information content (AvgIpc) is 3.81. The van der Waals surface area contributed by atoms with Crippen molar-refractivity contribution < 1.29 is 56.9 Å². The fourth-order valence-corrected chi connectivity index (χ4v) is 14.5. The third kappa shape index (κ3) is 5.34. The van der Waals surface area contributed by atoms with Crippen LogP contribution in [0.2, 0.25) is 0 Å². The molecule has 4 heterocycles. The van der Waals surface area contributed by atoms with Gasteiger partial charge in [-0.25, -0.2) is 0 Å². The molecule has 0 aromatic carbocycles. The molecule has 6 heteroatoms.